The van der Waals surface area contributed by atoms with Gasteiger partial charge in [0.2, 0.25) is 0 Å². The van der Waals surface area contributed by atoms with Gasteiger partial charge in [-0.25, -0.2) is 4.79 Å². The molecule has 1 atom stereocenters. The van der Waals surface area contributed by atoms with Gasteiger partial charge in [-0.05, 0) is 56.5 Å². The lowest BCUT2D eigenvalue weighted by molar-refractivity contribution is 0.00436. The first-order valence-corrected chi connectivity index (χ1v) is 8.03. The van der Waals surface area contributed by atoms with Gasteiger partial charge in [0, 0.05) is 25.2 Å². The number of ether oxygens (including phenoxy) is 1. The number of rotatable bonds is 4. The lowest BCUT2D eigenvalue weighted by atomic mass is 10.1. The second-order valence-corrected chi connectivity index (χ2v) is 7.27. The quantitative estimate of drug-likeness (QED) is 0.929. The molecule has 1 aromatic heterocycles. The SMILES string of the molecule is CC(Cc1ccsc1)NC1CN(C(=O)OC(C)(C)C)C1. The van der Waals surface area contributed by atoms with Crippen LogP contribution in [0.2, 0.25) is 0 Å². The maximum absolute atomic E-state index is 11.8. The van der Waals surface area contributed by atoms with Crippen molar-refractivity contribution in [3.8, 4) is 0 Å². The van der Waals surface area contributed by atoms with Gasteiger partial charge in [-0.2, -0.15) is 11.3 Å². The van der Waals surface area contributed by atoms with Gasteiger partial charge in [0.25, 0.3) is 0 Å². The molecule has 0 aliphatic carbocycles. The molecule has 0 aromatic carbocycles. The maximum atomic E-state index is 11.8. The number of amides is 1. The number of hydrogen-bond acceptors (Lipinski definition) is 4. The molecule has 1 aliphatic rings. The summed E-state index contributed by atoms with van der Waals surface area (Å²) < 4.78 is 5.34. The molecular formula is C15H24N2O2S. The molecule has 1 saturated heterocycles. The first-order chi connectivity index (χ1) is 9.33. The van der Waals surface area contributed by atoms with Crippen LogP contribution in [0.5, 0.6) is 0 Å². The maximum Gasteiger partial charge on any atom is 0.410 e. The predicted octanol–water partition coefficient (Wildman–Crippen LogP) is 2.89. The van der Waals surface area contributed by atoms with Crippen LogP contribution in [0.4, 0.5) is 4.79 Å². The van der Waals surface area contributed by atoms with Crippen LogP contribution in [0.15, 0.2) is 16.8 Å². The minimum atomic E-state index is -0.415. The monoisotopic (exact) mass is 296 g/mol. The summed E-state index contributed by atoms with van der Waals surface area (Å²) in [6.45, 7) is 9.34. The summed E-state index contributed by atoms with van der Waals surface area (Å²) >= 11 is 1.73. The zero-order valence-electron chi connectivity index (χ0n) is 12.7. The summed E-state index contributed by atoms with van der Waals surface area (Å²) in [6, 6.07) is 2.97. The smallest absolute Gasteiger partial charge is 0.410 e. The van der Waals surface area contributed by atoms with Crippen molar-refractivity contribution in [2.24, 2.45) is 0 Å². The lowest BCUT2D eigenvalue weighted by Crippen LogP contribution is -2.62. The minimum absolute atomic E-state index is 0.207. The second kappa shape index (κ2) is 6.14. The average Bonchev–Trinajstić information content (AvgIpc) is 2.72. The van der Waals surface area contributed by atoms with E-state index in [1.54, 1.807) is 16.2 Å². The highest BCUT2D eigenvalue weighted by Gasteiger charge is 2.34. The number of nitrogens with zero attached hydrogens (tertiary/aromatic N) is 1. The van der Waals surface area contributed by atoms with E-state index < -0.39 is 5.60 Å². The molecule has 0 bridgehead atoms. The van der Waals surface area contributed by atoms with E-state index in [9.17, 15) is 4.79 Å². The fraction of sp³-hybridized carbons (Fsp3) is 0.667. The Balaban J connectivity index is 1.67. The van der Waals surface area contributed by atoms with Gasteiger partial charge in [-0.3, -0.25) is 0 Å². The van der Waals surface area contributed by atoms with E-state index in [-0.39, 0.29) is 6.09 Å². The van der Waals surface area contributed by atoms with Crippen molar-refractivity contribution >= 4 is 17.4 Å². The Hall–Kier alpha value is -1.07. The Morgan fingerprint density at radius 2 is 2.25 bits per heavy atom. The Bertz CT molecular complexity index is 433. The molecule has 0 radical (unpaired) electrons. The van der Waals surface area contributed by atoms with Crippen LogP contribution in [-0.2, 0) is 11.2 Å². The predicted molar refractivity (Wildman–Crippen MR) is 82.2 cm³/mol. The number of carbonyl (C=O) groups is 1. The summed E-state index contributed by atoms with van der Waals surface area (Å²) in [4.78, 5) is 13.6. The van der Waals surface area contributed by atoms with E-state index >= 15 is 0 Å². The van der Waals surface area contributed by atoms with E-state index in [2.05, 4.69) is 29.1 Å². The number of thiophene rings is 1. The van der Waals surface area contributed by atoms with Gasteiger partial charge >= 0.3 is 6.09 Å². The normalized spacial score (nSPS) is 17.7. The van der Waals surface area contributed by atoms with Crippen molar-refractivity contribution in [2.75, 3.05) is 13.1 Å². The first kappa shape index (κ1) is 15.3. The van der Waals surface area contributed by atoms with E-state index in [4.69, 9.17) is 4.74 Å². The molecule has 2 rings (SSSR count). The van der Waals surface area contributed by atoms with Crippen molar-refractivity contribution in [2.45, 2.75) is 51.8 Å². The van der Waals surface area contributed by atoms with Crippen LogP contribution in [0.3, 0.4) is 0 Å². The molecule has 4 nitrogen and oxygen atoms in total. The first-order valence-electron chi connectivity index (χ1n) is 7.08. The van der Waals surface area contributed by atoms with Gasteiger partial charge < -0.3 is 15.0 Å². The third-order valence-corrected chi connectivity index (χ3v) is 3.91. The van der Waals surface area contributed by atoms with Gasteiger partial charge in [-0.1, -0.05) is 0 Å². The number of hydrogen-bond donors (Lipinski definition) is 1. The number of nitrogens with one attached hydrogen (secondary N) is 1. The lowest BCUT2D eigenvalue weighted by Gasteiger charge is -2.41. The van der Waals surface area contributed by atoms with Crippen molar-refractivity contribution in [3.05, 3.63) is 22.4 Å². The summed E-state index contributed by atoms with van der Waals surface area (Å²) in [6.07, 6.45) is 0.827. The Labute approximate surface area is 125 Å². The zero-order valence-corrected chi connectivity index (χ0v) is 13.5. The second-order valence-electron chi connectivity index (χ2n) is 6.49. The third-order valence-electron chi connectivity index (χ3n) is 3.18. The average molecular weight is 296 g/mol. The van der Waals surface area contributed by atoms with Crippen molar-refractivity contribution < 1.29 is 9.53 Å². The summed E-state index contributed by atoms with van der Waals surface area (Å²) in [7, 11) is 0. The molecule has 1 unspecified atom stereocenters. The molecule has 1 fully saturated rings. The zero-order chi connectivity index (χ0) is 14.8. The minimum Gasteiger partial charge on any atom is -0.444 e. The highest BCUT2D eigenvalue weighted by Crippen LogP contribution is 2.16. The molecule has 112 valence electrons. The molecule has 20 heavy (non-hydrogen) atoms. The van der Waals surface area contributed by atoms with Gasteiger partial charge in [0.05, 0.1) is 0 Å². The summed E-state index contributed by atoms with van der Waals surface area (Å²) in [5.74, 6) is 0. The van der Waals surface area contributed by atoms with Crippen LogP contribution < -0.4 is 5.32 Å². The van der Waals surface area contributed by atoms with E-state index in [0.717, 1.165) is 19.5 Å². The Morgan fingerprint density at radius 3 is 2.80 bits per heavy atom. The van der Waals surface area contributed by atoms with Crippen LogP contribution in [0.25, 0.3) is 0 Å². The molecule has 2 heterocycles. The van der Waals surface area contributed by atoms with Gasteiger partial charge in [0.15, 0.2) is 0 Å². The van der Waals surface area contributed by atoms with Crippen molar-refractivity contribution in [1.29, 1.82) is 0 Å². The number of carbonyl (C=O) groups excluding carboxylic acids is 1. The number of likely N-dealkylation sites (tertiary alicyclic amines) is 1. The van der Waals surface area contributed by atoms with Crippen LogP contribution in [-0.4, -0.2) is 41.8 Å². The Kier molecular flexibility index (Phi) is 4.70. The van der Waals surface area contributed by atoms with E-state index in [1.165, 1.54) is 5.56 Å². The summed E-state index contributed by atoms with van der Waals surface area (Å²) in [5, 5.41) is 7.85. The largest absolute Gasteiger partial charge is 0.444 e. The standard InChI is InChI=1S/C15H24N2O2S/c1-11(7-12-5-6-20-10-12)16-13-8-17(9-13)14(18)19-15(2,3)4/h5-6,10-11,13,16H,7-9H2,1-4H3. The van der Waals surface area contributed by atoms with Crippen LogP contribution in [0.1, 0.15) is 33.3 Å². The molecule has 1 aromatic rings. The fourth-order valence-corrected chi connectivity index (χ4v) is 2.96. The summed E-state index contributed by atoms with van der Waals surface area (Å²) in [5.41, 5.74) is 0.959. The Morgan fingerprint density at radius 1 is 1.55 bits per heavy atom. The van der Waals surface area contributed by atoms with E-state index in [1.807, 2.05) is 20.8 Å². The van der Waals surface area contributed by atoms with Crippen LogP contribution >= 0.6 is 11.3 Å². The highest BCUT2D eigenvalue weighted by atomic mass is 32.1. The third kappa shape index (κ3) is 4.49. The molecule has 0 spiro atoms. The van der Waals surface area contributed by atoms with Crippen molar-refractivity contribution in [3.63, 3.8) is 0 Å². The highest BCUT2D eigenvalue weighted by molar-refractivity contribution is 7.07. The fourth-order valence-electron chi connectivity index (χ4n) is 2.28. The van der Waals surface area contributed by atoms with Crippen molar-refractivity contribution in [1.82, 2.24) is 10.2 Å². The molecule has 1 N–H and O–H groups in total. The van der Waals surface area contributed by atoms with Crippen LogP contribution in [0, 0.1) is 0 Å². The molecule has 5 heteroatoms. The molecule has 1 amide bonds. The molecule has 0 saturated carbocycles. The topological polar surface area (TPSA) is 41.6 Å². The van der Waals surface area contributed by atoms with Gasteiger partial charge in [-0.15, -0.1) is 0 Å². The molecular weight excluding hydrogens is 272 g/mol. The van der Waals surface area contributed by atoms with E-state index in [0.29, 0.717) is 12.1 Å². The van der Waals surface area contributed by atoms with Gasteiger partial charge in [0.1, 0.15) is 5.60 Å². The molecule has 1 aliphatic heterocycles.